The van der Waals surface area contributed by atoms with Gasteiger partial charge in [-0.3, -0.25) is 14.6 Å². The fourth-order valence-corrected chi connectivity index (χ4v) is 4.89. The Morgan fingerprint density at radius 2 is 2.03 bits per heavy atom. The van der Waals surface area contributed by atoms with E-state index >= 15 is 0 Å². The van der Waals surface area contributed by atoms with Gasteiger partial charge < -0.3 is 4.74 Å². The average Bonchev–Trinajstić information content (AvgIpc) is 3.51. The van der Waals surface area contributed by atoms with Gasteiger partial charge in [0.25, 0.3) is 0 Å². The van der Waals surface area contributed by atoms with Gasteiger partial charge in [0.2, 0.25) is 5.91 Å². The molecule has 4 heterocycles. The van der Waals surface area contributed by atoms with Crippen molar-refractivity contribution in [2.24, 2.45) is 17.3 Å². The molecule has 0 unspecified atom stereocenters. The summed E-state index contributed by atoms with van der Waals surface area (Å²) in [5.41, 5.74) is 0.352. The summed E-state index contributed by atoms with van der Waals surface area (Å²) in [5, 5.41) is 14.4. The Bertz CT molecular complexity index is 1380. The third kappa shape index (κ3) is 3.85. The minimum Gasteiger partial charge on any atom is -0.443 e. The van der Waals surface area contributed by atoms with E-state index in [4.69, 9.17) is 9.72 Å². The summed E-state index contributed by atoms with van der Waals surface area (Å²) < 4.78 is 7.09. The molecule has 0 bridgehead atoms. The highest BCUT2D eigenvalue weighted by atomic mass is 16.6. The smallest absolute Gasteiger partial charge is 0.415 e. The number of fused-ring (bicyclic) bond motifs is 1. The van der Waals surface area contributed by atoms with E-state index in [9.17, 15) is 14.9 Å². The fraction of sp³-hybridized carbons (Fsp3) is 0.462. The lowest BCUT2D eigenvalue weighted by Crippen LogP contribution is -2.37. The quantitative estimate of drug-likeness (QED) is 0.545. The van der Waals surface area contributed by atoms with Crippen molar-refractivity contribution in [3.63, 3.8) is 0 Å². The maximum Gasteiger partial charge on any atom is 0.415 e. The number of carbonyl (C=O) groups excluding carboxylic acids is 2. The highest BCUT2D eigenvalue weighted by Gasteiger charge is 2.61. The molecule has 2 fully saturated rings. The van der Waals surface area contributed by atoms with Gasteiger partial charge in [0.1, 0.15) is 22.4 Å². The van der Waals surface area contributed by atoms with Crippen LogP contribution >= 0.6 is 0 Å². The highest BCUT2D eigenvalue weighted by molar-refractivity contribution is 6.04. The van der Waals surface area contributed by atoms with Crippen LogP contribution in [0.1, 0.15) is 40.5 Å². The third-order valence-corrected chi connectivity index (χ3v) is 6.92. The van der Waals surface area contributed by atoms with Crippen molar-refractivity contribution in [2.75, 3.05) is 23.4 Å². The van der Waals surface area contributed by atoms with E-state index in [1.54, 1.807) is 61.9 Å². The molecule has 3 aromatic heterocycles. The molecule has 3 aromatic rings. The summed E-state index contributed by atoms with van der Waals surface area (Å²) in [6, 6.07) is 7.70. The highest BCUT2D eigenvalue weighted by Crippen LogP contribution is 2.54. The van der Waals surface area contributed by atoms with E-state index in [1.807, 2.05) is 19.1 Å². The molecule has 0 N–H and O–H groups in total. The van der Waals surface area contributed by atoms with E-state index in [-0.39, 0.29) is 17.7 Å². The van der Waals surface area contributed by atoms with Gasteiger partial charge in [0.05, 0.1) is 24.2 Å². The molecule has 1 saturated heterocycles. The van der Waals surface area contributed by atoms with Crippen LogP contribution in [0, 0.1) is 28.6 Å². The average molecular weight is 488 g/mol. The predicted octanol–water partition coefficient (Wildman–Crippen LogP) is 4.07. The van der Waals surface area contributed by atoms with Crippen LogP contribution in [0.5, 0.6) is 0 Å². The van der Waals surface area contributed by atoms with Gasteiger partial charge in [0, 0.05) is 31.3 Å². The van der Waals surface area contributed by atoms with Crippen molar-refractivity contribution in [1.82, 2.24) is 19.6 Å². The Morgan fingerprint density at radius 3 is 2.64 bits per heavy atom. The number of rotatable bonds is 4. The van der Waals surface area contributed by atoms with E-state index in [0.717, 1.165) is 12.8 Å². The Labute approximate surface area is 209 Å². The second kappa shape index (κ2) is 8.29. The first-order chi connectivity index (χ1) is 17.0. The molecule has 5 rings (SSSR count). The van der Waals surface area contributed by atoms with E-state index in [0.29, 0.717) is 35.0 Å². The zero-order valence-corrected chi connectivity index (χ0v) is 21.1. The van der Waals surface area contributed by atoms with Crippen molar-refractivity contribution >= 4 is 29.2 Å². The lowest BCUT2D eigenvalue weighted by Gasteiger charge is -2.24. The van der Waals surface area contributed by atoms with Gasteiger partial charge in [0.15, 0.2) is 5.82 Å². The maximum absolute atomic E-state index is 13.6. The summed E-state index contributed by atoms with van der Waals surface area (Å²) in [6.07, 6.45) is 6.36. The molecule has 2 aliphatic rings. The predicted molar refractivity (Wildman–Crippen MR) is 133 cm³/mol. The molecule has 2 amide bonds. The molecule has 0 spiro atoms. The van der Waals surface area contributed by atoms with Gasteiger partial charge in [-0.15, -0.1) is 0 Å². The van der Waals surface area contributed by atoms with E-state index < -0.39 is 17.1 Å². The number of amides is 2. The molecule has 10 heteroatoms. The van der Waals surface area contributed by atoms with Gasteiger partial charge in [-0.05, 0) is 57.7 Å². The van der Waals surface area contributed by atoms with Crippen LogP contribution in [0.4, 0.5) is 16.4 Å². The van der Waals surface area contributed by atoms with Crippen molar-refractivity contribution in [3.05, 3.63) is 36.8 Å². The molecule has 1 aliphatic carbocycles. The summed E-state index contributed by atoms with van der Waals surface area (Å²) >= 11 is 0. The molecular weight excluding hydrogens is 458 g/mol. The lowest BCUT2D eigenvalue weighted by molar-refractivity contribution is -0.124. The number of anilines is 2. The molecule has 0 radical (unpaired) electrons. The number of carbonyl (C=O) groups is 2. The molecule has 1 aliphatic heterocycles. The first-order valence-corrected chi connectivity index (χ1v) is 12.1. The fourth-order valence-electron chi connectivity index (χ4n) is 4.89. The van der Waals surface area contributed by atoms with Gasteiger partial charge in [-0.25, -0.2) is 19.3 Å². The minimum absolute atomic E-state index is 0.0970. The summed E-state index contributed by atoms with van der Waals surface area (Å²) in [6.45, 7) is 7.82. The SMILES string of the molecule is C[C@@H]1CN(c2nc(-c3ccc(N(C)C(=O)OC(C)(C)C)nc3)cn3nccc23)C(=O)[C@]1(C#N)C1CC1. The van der Waals surface area contributed by atoms with E-state index in [1.165, 1.54) is 4.90 Å². The first-order valence-electron chi connectivity index (χ1n) is 12.1. The second-order valence-corrected chi connectivity index (χ2v) is 10.6. The molecule has 10 nitrogen and oxygen atoms in total. The Balaban J connectivity index is 1.48. The van der Waals surface area contributed by atoms with Gasteiger partial charge in [-0.1, -0.05) is 6.92 Å². The number of hydrogen-bond acceptors (Lipinski definition) is 7. The molecule has 1 saturated carbocycles. The van der Waals surface area contributed by atoms with Crippen LogP contribution in [-0.2, 0) is 9.53 Å². The van der Waals surface area contributed by atoms with Crippen LogP contribution < -0.4 is 9.80 Å². The zero-order chi connectivity index (χ0) is 25.8. The van der Waals surface area contributed by atoms with Crippen molar-refractivity contribution in [1.29, 1.82) is 5.26 Å². The molecule has 2 atom stereocenters. The topological polar surface area (TPSA) is 117 Å². The first kappa shape index (κ1) is 23.7. The molecule has 186 valence electrons. The zero-order valence-electron chi connectivity index (χ0n) is 21.1. The number of nitriles is 1. The van der Waals surface area contributed by atoms with Crippen molar-refractivity contribution < 1.29 is 14.3 Å². The van der Waals surface area contributed by atoms with Gasteiger partial charge in [-0.2, -0.15) is 10.4 Å². The summed E-state index contributed by atoms with van der Waals surface area (Å²) in [5.74, 6) is 0.744. The molecule has 36 heavy (non-hydrogen) atoms. The molecule has 0 aromatic carbocycles. The van der Waals surface area contributed by atoms with Gasteiger partial charge >= 0.3 is 6.09 Å². The summed E-state index contributed by atoms with van der Waals surface area (Å²) in [7, 11) is 1.60. The van der Waals surface area contributed by atoms with E-state index in [2.05, 4.69) is 16.2 Å². The van der Waals surface area contributed by atoms with Crippen LogP contribution in [0.25, 0.3) is 16.8 Å². The van der Waals surface area contributed by atoms with Crippen molar-refractivity contribution in [2.45, 2.75) is 46.1 Å². The Morgan fingerprint density at radius 1 is 1.28 bits per heavy atom. The number of aromatic nitrogens is 4. The number of pyridine rings is 1. The number of ether oxygens (including phenoxy) is 1. The van der Waals surface area contributed by atoms with Crippen LogP contribution in [0.2, 0.25) is 0 Å². The minimum atomic E-state index is -0.996. The molecular formula is C26H29N7O3. The standard InChI is InChI=1S/C26H29N7O3/c1-16-13-32(23(34)26(16,15-27)18-7-8-18)22-20-10-11-29-33(20)14-19(30-22)17-6-9-21(28-12-17)31(5)24(35)36-25(2,3)4/h6,9-12,14,16,18H,7-8,13H2,1-5H3/t16-,26+/m1/s1. The lowest BCUT2D eigenvalue weighted by atomic mass is 9.75. The van der Waals surface area contributed by atoms with Crippen LogP contribution in [0.15, 0.2) is 36.8 Å². The van der Waals surface area contributed by atoms with Crippen molar-refractivity contribution in [3.8, 4) is 17.3 Å². The summed E-state index contributed by atoms with van der Waals surface area (Å²) in [4.78, 5) is 38.3. The third-order valence-electron chi connectivity index (χ3n) is 6.92. The Hall–Kier alpha value is -4.00. The van der Waals surface area contributed by atoms with Crippen LogP contribution in [-0.4, -0.2) is 50.8 Å². The van der Waals surface area contributed by atoms with Crippen LogP contribution in [0.3, 0.4) is 0 Å². The monoisotopic (exact) mass is 487 g/mol. The largest absolute Gasteiger partial charge is 0.443 e. The Kier molecular flexibility index (Phi) is 5.47. The number of nitrogens with zero attached hydrogens (tertiary/aromatic N) is 7. The second-order valence-electron chi connectivity index (χ2n) is 10.6. The normalized spacial score (nSPS) is 22.1. The maximum atomic E-state index is 13.6. The number of hydrogen-bond donors (Lipinski definition) is 0.